The first-order chi connectivity index (χ1) is 16.9. The summed E-state index contributed by atoms with van der Waals surface area (Å²) in [7, 11) is -2.47. The highest BCUT2D eigenvalue weighted by Crippen LogP contribution is 2.52. The van der Waals surface area contributed by atoms with E-state index in [0.29, 0.717) is 31.1 Å². The zero-order valence-electron chi connectivity index (χ0n) is 22.0. The third-order valence-electron chi connectivity index (χ3n) is 8.79. The Morgan fingerprint density at radius 2 is 1.86 bits per heavy atom. The summed E-state index contributed by atoms with van der Waals surface area (Å²) in [4.78, 5) is 28.3. The Bertz CT molecular complexity index is 1140. The van der Waals surface area contributed by atoms with Crippen LogP contribution in [0.1, 0.15) is 77.6 Å². The van der Waals surface area contributed by atoms with Crippen molar-refractivity contribution in [3.63, 3.8) is 0 Å². The van der Waals surface area contributed by atoms with Gasteiger partial charge in [0.25, 0.3) is 5.56 Å². The molecule has 1 saturated heterocycles. The van der Waals surface area contributed by atoms with E-state index < -0.39 is 20.7 Å². The summed E-state index contributed by atoms with van der Waals surface area (Å²) in [6.45, 7) is 3.20. The summed E-state index contributed by atoms with van der Waals surface area (Å²) in [5, 5.41) is 12.2. The number of hydrogen-bond donors (Lipinski definition) is 1. The maximum Gasteiger partial charge on any atom is 0.252 e. The largest absolute Gasteiger partial charge is 0.387 e. The van der Waals surface area contributed by atoms with Crippen molar-refractivity contribution in [3.8, 4) is 0 Å². The average molecular weight is 540 g/mol. The van der Waals surface area contributed by atoms with E-state index in [4.69, 9.17) is 11.6 Å². The molecule has 2 atom stereocenters. The normalized spacial score (nSPS) is 25.8. The molecule has 1 aromatic heterocycles. The lowest BCUT2D eigenvalue weighted by Gasteiger charge is -2.53. The molecular formula is C27H42ClN3O4S. The number of pyridine rings is 1. The first kappa shape index (κ1) is 27.6. The average Bonchev–Trinajstić information content (AvgIpc) is 3.28. The zero-order chi connectivity index (χ0) is 26.1. The van der Waals surface area contributed by atoms with Crippen LogP contribution in [-0.2, 0) is 21.1 Å². The van der Waals surface area contributed by atoms with Gasteiger partial charge in [-0.25, -0.2) is 4.21 Å². The molecule has 1 N–H and O–H groups in total. The van der Waals surface area contributed by atoms with Crippen molar-refractivity contribution in [1.82, 2.24) is 9.47 Å². The molecule has 2 saturated carbocycles. The van der Waals surface area contributed by atoms with Crippen molar-refractivity contribution in [2.75, 3.05) is 25.6 Å². The lowest BCUT2D eigenvalue weighted by atomic mass is 9.65. The summed E-state index contributed by atoms with van der Waals surface area (Å²) in [6.07, 6.45) is 15.9. The second-order valence-electron chi connectivity index (χ2n) is 11.9. The van der Waals surface area contributed by atoms with Crippen molar-refractivity contribution in [2.45, 2.75) is 89.7 Å². The number of likely N-dealkylation sites (tertiary alicyclic amines) is 1. The zero-order valence-corrected chi connectivity index (χ0v) is 23.6. The number of carbonyl (C=O) groups excluding carboxylic acids is 1. The summed E-state index contributed by atoms with van der Waals surface area (Å²) in [6, 6.07) is 1.28. The number of carbonyl (C=O) groups is 1. The maximum atomic E-state index is 13.5. The third-order valence-corrected chi connectivity index (χ3v) is 9.73. The van der Waals surface area contributed by atoms with Gasteiger partial charge in [-0.1, -0.05) is 63.5 Å². The molecule has 36 heavy (non-hydrogen) atoms. The van der Waals surface area contributed by atoms with Gasteiger partial charge in [0.05, 0.1) is 17.2 Å². The SMILES string of the molecule is C[C@H](CC1CCCCC1)C(=O)N1CCC(O)(Cn2cc(N=S(C)(C)=O)c(Cl)cc2=O)C2(CCCC2)C1. The Labute approximate surface area is 220 Å². The minimum atomic E-state index is -2.47. The number of hydrogen-bond acceptors (Lipinski definition) is 5. The molecule has 0 bridgehead atoms. The molecule has 202 valence electrons. The molecule has 0 aromatic carbocycles. The van der Waals surface area contributed by atoms with Crippen LogP contribution in [0.3, 0.4) is 0 Å². The first-order valence-electron chi connectivity index (χ1n) is 13.5. The maximum absolute atomic E-state index is 13.5. The van der Waals surface area contributed by atoms with Gasteiger partial charge in [-0.3, -0.25) is 9.59 Å². The van der Waals surface area contributed by atoms with Gasteiger partial charge in [-0.05, 0) is 31.6 Å². The van der Waals surface area contributed by atoms with E-state index in [1.54, 1.807) is 0 Å². The summed E-state index contributed by atoms with van der Waals surface area (Å²) in [5.41, 5.74) is -1.59. The van der Waals surface area contributed by atoms with Crippen LogP contribution >= 0.6 is 11.6 Å². The molecule has 1 amide bonds. The van der Waals surface area contributed by atoms with Crippen LogP contribution < -0.4 is 5.56 Å². The van der Waals surface area contributed by atoms with E-state index in [1.807, 2.05) is 4.90 Å². The Morgan fingerprint density at radius 3 is 2.50 bits per heavy atom. The van der Waals surface area contributed by atoms with Crippen molar-refractivity contribution >= 4 is 32.9 Å². The number of rotatable bonds is 6. The number of halogens is 1. The number of nitrogens with zero attached hydrogens (tertiary/aromatic N) is 3. The fourth-order valence-electron chi connectivity index (χ4n) is 6.87. The van der Waals surface area contributed by atoms with Crippen LogP contribution in [-0.4, -0.2) is 55.9 Å². The number of aliphatic hydroxyl groups is 1. The molecule has 1 aliphatic heterocycles. The van der Waals surface area contributed by atoms with Crippen molar-refractivity contribution in [1.29, 1.82) is 0 Å². The molecule has 9 heteroatoms. The summed E-state index contributed by atoms with van der Waals surface area (Å²) < 4.78 is 17.9. The van der Waals surface area contributed by atoms with Crippen LogP contribution in [0.15, 0.2) is 21.4 Å². The molecule has 1 aromatic rings. The second-order valence-corrected chi connectivity index (χ2v) is 14.9. The third kappa shape index (κ3) is 6.02. The van der Waals surface area contributed by atoms with Crippen molar-refractivity contribution in [2.24, 2.45) is 21.6 Å². The number of piperidine rings is 1. The molecule has 2 aliphatic carbocycles. The lowest BCUT2D eigenvalue weighted by molar-refractivity contribution is -0.163. The molecule has 1 spiro atoms. The molecule has 4 rings (SSSR count). The van der Waals surface area contributed by atoms with Gasteiger partial charge < -0.3 is 14.6 Å². The van der Waals surface area contributed by atoms with E-state index in [-0.39, 0.29) is 29.0 Å². The summed E-state index contributed by atoms with van der Waals surface area (Å²) >= 11 is 6.22. The van der Waals surface area contributed by atoms with Gasteiger partial charge >= 0.3 is 0 Å². The Hall–Kier alpha value is -1.38. The highest BCUT2D eigenvalue weighted by atomic mass is 35.5. The molecular weight excluding hydrogens is 498 g/mol. The molecule has 3 aliphatic rings. The van der Waals surface area contributed by atoms with Gasteiger partial charge in [-0.2, -0.15) is 4.36 Å². The monoisotopic (exact) mass is 539 g/mol. The van der Waals surface area contributed by atoms with E-state index in [1.165, 1.54) is 61.4 Å². The van der Waals surface area contributed by atoms with E-state index in [9.17, 15) is 18.9 Å². The van der Waals surface area contributed by atoms with Crippen LogP contribution in [0, 0.1) is 17.3 Å². The van der Waals surface area contributed by atoms with Gasteiger partial charge in [0.2, 0.25) is 5.91 Å². The molecule has 3 fully saturated rings. The number of aromatic nitrogens is 1. The number of amides is 1. The fourth-order valence-corrected chi connectivity index (χ4v) is 7.72. The van der Waals surface area contributed by atoms with Gasteiger partial charge in [0.15, 0.2) is 0 Å². The Morgan fingerprint density at radius 1 is 1.19 bits per heavy atom. The predicted molar refractivity (Wildman–Crippen MR) is 145 cm³/mol. The molecule has 1 unspecified atom stereocenters. The van der Waals surface area contributed by atoms with Crippen LogP contribution in [0.2, 0.25) is 5.02 Å². The van der Waals surface area contributed by atoms with Crippen molar-refractivity contribution < 1.29 is 14.1 Å². The quantitative estimate of drug-likeness (QED) is 0.551. The Balaban J connectivity index is 1.55. The van der Waals surface area contributed by atoms with E-state index >= 15 is 0 Å². The van der Waals surface area contributed by atoms with Gasteiger partial charge in [0, 0.05) is 58.9 Å². The predicted octanol–water partition coefficient (Wildman–Crippen LogP) is 4.99. The van der Waals surface area contributed by atoms with Crippen molar-refractivity contribution in [3.05, 3.63) is 27.6 Å². The van der Waals surface area contributed by atoms with E-state index in [0.717, 1.165) is 32.1 Å². The minimum absolute atomic E-state index is 0.00116. The van der Waals surface area contributed by atoms with Crippen LogP contribution in [0.25, 0.3) is 0 Å². The molecule has 7 nitrogen and oxygen atoms in total. The topological polar surface area (TPSA) is 92.0 Å². The standard InChI is InChI=1S/C27H42ClN3O4S/c1-20(15-21-9-5-4-6-10-21)25(33)30-14-13-27(34,26(18-30)11-7-8-12-26)19-31-17-23(29-36(2,3)35)22(28)16-24(31)32/h16-17,20-21,34H,4-15,18-19H2,1-3H3/t20-,27?/m1/s1. The molecule has 0 radical (unpaired) electrons. The first-order valence-corrected chi connectivity index (χ1v) is 16.2. The van der Waals surface area contributed by atoms with Crippen LogP contribution in [0.5, 0.6) is 0 Å². The molecule has 2 heterocycles. The fraction of sp³-hybridized carbons (Fsp3) is 0.778. The van der Waals surface area contributed by atoms with Gasteiger partial charge in [-0.15, -0.1) is 0 Å². The van der Waals surface area contributed by atoms with Crippen LogP contribution in [0.4, 0.5) is 5.69 Å². The van der Waals surface area contributed by atoms with E-state index in [2.05, 4.69) is 11.3 Å². The van der Waals surface area contributed by atoms with Gasteiger partial charge in [0.1, 0.15) is 5.69 Å². The second kappa shape index (κ2) is 10.8. The smallest absolute Gasteiger partial charge is 0.252 e. The summed E-state index contributed by atoms with van der Waals surface area (Å²) in [5.74, 6) is 0.857. The lowest BCUT2D eigenvalue weighted by Crippen LogP contribution is -2.62. The highest BCUT2D eigenvalue weighted by Gasteiger charge is 2.55. The highest BCUT2D eigenvalue weighted by molar-refractivity contribution is 7.92. The Kier molecular flexibility index (Phi) is 8.28. The minimum Gasteiger partial charge on any atom is -0.387 e.